The number of aryl methyl sites for hydroxylation is 1. The number of benzene rings is 2. The molecule has 0 aromatic heterocycles. The molecule has 0 aliphatic heterocycles. The molecule has 0 heterocycles. The van der Waals surface area contributed by atoms with Crippen LogP contribution in [0, 0.1) is 6.92 Å². The first kappa shape index (κ1) is 12.8. The van der Waals surface area contributed by atoms with Crippen LogP contribution >= 0.6 is 0 Å². The molecule has 1 unspecified atom stereocenters. The van der Waals surface area contributed by atoms with Crippen molar-refractivity contribution in [2.24, 2.45) is 0 Å². The first-order valence-corrected chi connectivity index (χ1v) is 6.19. The van der Waals surface area contributed by atoms with Crippen LogP contribution in [0.5, 0.6) is 0 Å². The van der Waals surface area contributed by atoms with E-state index in [2.05, 4.69) is 5.32 Å². The SMILES string of the molecule is CNCc1ccc(C(O)c2ccc(C)cc2)cc1. The molecule has 2 nitrogen and oxygen atoms in total. The van der Waals surface area contributed by atoms with Crippen molar-refractivity contribution in [2.75, 3.05) is 7.05 Å². The minimum absolute atomic E-state index is 0.547. The van der Waals surface area contributed by atoms with Crippen molar-refractivity contribution in [1.29, 1.82) is 0 Å². The monoisotopic (exact) mass is 241 g/mol. The molecule has 0 amide bonds. The van der Waals surface area contributed by atoms with E-state index < -0.39 is 6.10 Å². The zero-order valence-electron chi connectivity index (χ0n) is 10.9. The summed E-state index contributed by atoms with van der Waals surface area (Å²) in [7, 11) is 1.93. The number of hydrogen-bond acceptors (Lipinski definition) is 2. The van der Waals surface area contributed by atoms with Crippen LogP contribution < -0.4 is 5.32 Å². The fraction of sp³-hybridized carbons (Fsp3) is 0.250. The molecule has 0 aliphatic carbocycles. The van der Waals surface area contributed by atoms with E-state index in [1.54, 1.807) is 0 Å². The molecule has 0 aliphatic rings. The van der Waals surface area contributed by atoms with Gasteiger partial charge in [-0.1, -0.05) is 54.1 Å². The van der Waals surface area contributed by atoms with E-state index >= 15 is 0 Å². The number of aliphatic hydroxyl groups excluding tert-OH is 1. The molecular weight excluding hydrogens is 222 g/mol. The Kier molecular flexibility index (Phi) is 4.13. The maximum absolute atomic E-state index is 10.3. The smallest absolute Gasteiger partial charge is 0.104 e. The van der Waals surface area contributed by atoms with Crippen molar-refractivity contribution in [3.8, 4) is 0 Å². The highest BCUT2D eigenvalue weighted by atomic mass is 16.3. The van der Waals surface area contributed by atoms with Gasteiger partial charge in [-0.2, -0.15) is 0 Å². The third-order valence-electron chi connectivity index (χ3n) is 3.07. The summed E-state index contributed by atoms with van der Waals surface area (Å²) in [5.74, 6) is 0. The number of aliphatic hydroxyl groups is 1. The van der Waals surface area contributed by atoms with Crippen LogP contribution in [0.1, 0.15) is 28.4 Å². The van der Waals surface area contributed by atoms with Crippen molar-refractivity contribution in [3.63, 3.8) is 0 Å². The molecule has 2 N–H and O–H groups in total. The maximum atomic E-state index is 10.3. The molecule has 94 valence electrons. The van der Waals surface area contributed by atoms with Gasteiger partial charge in [0.2, 0.25) is 0 Å². The Balaban J connectivity index is 2.17. The average Bonchev–Trinajstić information content (AvgIpc) is 2.40. The Bertz CT molecular complexity index is 488. The molecule has 1 atom stereocenters. The van der Waals surface area contributed by atoms with Crippen molar-refractivity contribution >= 4 is 0 Å². The first-order chi connectivity index (χ1) is 8.70. The predicted octanol–water partition coefficient (Wildman–Crippen LogP) is 2.80. The summed E-state index contributed by atoms with van der Waals surface area (Å²) in [6, 6.07) is 16.0. The zero-order valence-corrected chi connectivity index (χ0v) is 10.9. The highest BCUT2D eigenvalue weighted by molar-refractivity contribution is 5.33. The van der Waals surface area contributed by atoms with E-state index in [0.717, 1.165) is 17.7 Å². The summed E-state index contributed by atoms with van der Waals surface area (Å²) < 4.78 is 0. The van der Waals surface area contributed by atoms with E-state index in [1.165, 1.54) is 11.1 Å². The predicted molar refractivity (Wildman–Crippen MR) is 74.4 cm³/mol. The topological polar surface area (TPSA) is 32.3 Å². The van der Waals surface area contributed by atoms with Gasteiger partial charge in [-0.3, -0.25) is 0 Å². The van der Waals surface area contributed by atoms with Gasteiger partial charge in [0, 0.05) is 6.54 Å². The van der Waals surface area contributed by atoms with E-state index in [1.807, 2.05) is 62.5 Å². The Morgan fingerprint density at radius 2 is 1.44 bits per heavy atom. The van der Waals surface area contributed by atoms with Crippen LogP contribution in [-0.2, 0) is 6.54 Å². The average molecular weight is 241 g/mol. The molecule has 2 aromatic carbocycles. The van der Waals surface area contributed by atoms with Gasteiger partial charge in [0.1, 0.15) is 6.10 Å². The molecule has 0 radical (unpaired) electrons. The standard InChI is InChI=1S/C16H19NO/c1-12-3-7-14(8-4-12)16(18)15-9-5-13(6-10-15)11-17-2/h3-10,16-18H,11H2,1-2H3. The molecule has 0 bridgehead atoms. The third kappa shape index (κ3) is 2.97. The fourth-order valence-electron chi connectivity index (χ4n) is 1.96. The minimum atomic E-state index is -0.547. The van der Waals surface area contributed by atoms with Gasteiger partial charge in [0.25, 0.3) is 0 Å². The highest BCUT2D eigenvalue weighted by Gasteiger charge is 2.09. The van der Waals surface area contributed by atoms with E-state index in [9.17, 15) is 5.11 Å². The minimum Gasteiger partial charge on any atom is -0.384 e. The van der Waals surface area contributed by atoms with Crippen LogP contribution in [0.25, 0.3) is 0 Å². The summed E-state index contributed by atoms with van der Waals surface area (Å²) in [5, 5.41) is 13.4. The summed E-state index contributed by atoms with van der Waals surface area (Å²) >= 11 is 0. The lowest BCUT2D eigenvalue weighted by Crippen LogP contribution is -2.05. The zero-order chi connectivity index (χ0) is 13.0. The molecule has 2 aromatic rings. The van der Waals surface area contributed by atoms with Gasteiger partial charge in [0.15, 0.2) is 0 Å². The van der Waals surface area contributed by atoms with Gasteiger partial charge in [-0.05, 0) is 30.7 Å². The molecular formula is C16H19NO. The first-order valence-electron chi connectivity index (χ1n) is 6.19. The Hall–Kier alpha value is -1.64. The van der Waals surface area contributed by atoms with Gasteiger partial charge in [0.05, 0.1) is 0 Å². The summed E-state index contributed by atoms with van der Waals surface area (Å²) in [6.07, 6.45) is -0.547. The lowest BCUT2D eigenvalue weighted by Gasteiger charge is -2.12. The van der Waals surface area contributed by atoms with Gasteiger partial charge in [-0.15, -0.1) is 0 Å². The van der Waals surface area contributed by atoms with E-state index in [4.69, 9.17) is 0 Å². The number of rotatable bonds is 4. The van der Waals surface area contributed by atoms with E-state index in [0.29, 0.717) is 0 Å². The molecule has 18 heavy (non-hydrogen) atoms. The molecule has 0 spiro atoms. The van der Waals surface area contributed by atoms with Crippen LogP contribution in [0.15, 0.2) is 48.5 Å². The summed E-state index contributed by atoms with van der Waals surface area (Å²) in [5.41, 5.74) is 4.29. The molecule has 2 rings (SSSR count). The summed E-state index contributed by atoms with van der Waals surface area (Å²) in [6.45, 7) is 2.89. The lowest BCUT2D eigenvalue weighted by molar-refractivity contribution is 0.220. The second kappa shape index (κ2) is 5.80. The third-order valence-corrected chi connectivity index (χ3v) is 3.07. The number of nitrogens with one attached hydrogen (secondary N) is 1. The number of hydrogen-bond donors (Lipinski definition) is 2. The van der Waals surface area contributed by atoms with Gasteiger partial charge >= 0.3 is 0 Å². The second-order valence-corrected chi connectivity index (χ2v) is 4.59. The van der Waals surface area contributed by atoms with Crippen molar-refractivity contribution in [2.45, 2.75) is 19.6 Å². The van der Waals surface area contributed by atoms with Crippen LogP contribution in [0.3, 0.4) is 0 Å². The Labute approximate surface area is 108 Å². The molecule has 0 saturated carbocycles. The molecule has 0 fully saturated rings. The molecule has 2 heteroatoms. The Morgan fingerprint density at radius 3 is 1.94 bits per heavy atom. The fourth-order valence-corrected chi connectivity index (χ4v) is 1.96. The maximum Gasteiger partial charge on any atom is 0.104 e. The van der Waals surface area contributed by atoms with Crippen LogP contribution in [0.4, 0.5) is 0 Å². The van der Waals surface area contributed by atoms with Gasteiger partial charge in [-0.25, -0.2) is 0 Å². The van der Waals surface area contributed by atoms with Crippen molar-refractivity contribution < 1.29 is 5.11 Å². The second-order valence-electron chi connectivity index (χ2n) is 4.59. The highest BCUT2D eigenvalue weighted by Crippen LogP contribution is 2.22. The Morgan fingerprint density at radius 1 is 0.944 bits per heavy atom. The van der Waals surface area contributed by atoms with Crippen molar-refractivity contribution in [1.82, 2.24) is 5.32 Å². The van der Waals surface area contributed by atoms with Gasteiger partial charge < -0.3 is 10.4 Å². The van der Waals surface area contributed by atoms with Crippen LogP contribution in [0.2, 0.25) is 0 Å². The largest absolute Gasteiger partial charge is 0.384 e. The lowest BCUT2D eigenvalue weighted by atomic mass is 9.99. The normalized spacial score (nSPS) is 12.4. The van der Waals surface area contributed by atoms with Crippen LogP contribution in [-0.4, -0.2) is 12.2 Å². The summed E-state index contributed by atoms with van der Waals surface area (Å²) in [4.78, 5) is 0. The van der Waals surface area contributed by atoms with E-state index in [-0.39, 0.29) is 0 Å². The quantitative estimate of drug-likeness (QED) is 0.862. The molecule has 0 saturated heterocycles. The van der Waals surface area contributed by atoms with Crippen molar-refractivity contribution in [3.05, 3.63) is 70.8 Å².